The van der Waals surface area contributed by atoms with Crippen LogP contribution in [0.1, 0.15) is 0 Å². The summed E-state index contributed by atoms with van der Waals surface area (Å²) in [5, 5.41) is 3.96. The van der Waals surface area contributed by atoms with Crippen LogP contribution in [-0.2, 0) is 0 Å². The van der Waals surface area contributed by atoms with E-state index in [1.807, 2.05) is 0 Å². The number of H-pyrrole nitrogens is 1. The van der Waals surface area contributed by atoms with Crippen molar-refractivity contribution in [2.75, 3.05) is 5.32 Å². The highest BCUT2D eigenvalue weighted by atomic mass is 35.5. The number of aromatic nitrogens is 3. The van der Waals surface area contributed by atoms with Gasteiger partial charge in [-0.1, -0.05) is 40.9 Å². The Morgan fingerprint density at radius 1 is 1.04 bits per heavy atom. The summed E-state index contributed by atoms with van der Waals surface area (Å²) in [6.07, 6.45) is 0.748. The second-order valence-electron chi connectivity index (χ2n) is 5.74. The summed E-state index contributed by atoms with van der Waals surface area (Å²) in [5.41, 5.74) is 1.95. The summed E-state index contributed by atoms with van der Waals surface area (Å²) in [6, 6.07) is 13.4. The van der Waals surface area contributed by atoms with Crippen molar-refractivity contribution in [1.29, 1.82) is 0 Å². The lowest BCUT2D eigenvalue weighted by Crippen LogP contribution is -2.17. The fourth-order valence-electron chi connectivity index (χ4n) is 2.58. The van der Waals surface area contributed by atoms with Gasteiger partial charge in [0, 0.05) is 12.3 Å². The number of imidazole rings is 1. The summed E-state index contributed by atoms with van der Waals surface area (Å²) in [6.45, 7) is 0. The van der Waals surface area contributed by atoms with E-state index in [2.05, 4.69) is 20.3 Å². The van der Waals surface area contributed by atoms with E-state index in [9.17, 15) is 4.79 Å². The predicted molar refractivity (Wildman–Crippen MR) is 110 cm³/mol. The number of nitrogens with one attached hydrogen (secondary N) is 2. The zero-order valence-corrected chi connectivity index (χ0v) is 16.3. The highest BCUT2D eigenvalue weighted by molar-refractivity contribution is 6.39. The Morgan fingerprint density at radius 2 is 1.82 bits per heavy atom. The van der Waals surface area contributed by atoms with Crippen molar-refractivity contribution in [2.45, 2.75) is 0 Å². The number of hydrogen-bond acceptors (Lipinski definition) is 4. The minimum absolute atomic E-state index is 0.327. The molecule has 0 unspecified atom stereocenters. The van der Waals surface area contributed by atoms with E-state index in [4.69, 9.17) is 39.5 Å². The van der Waals surface area contributed by atoms with Crippen LogP contribution in [-0.4, -0.2) is 21.0 Å². The molecule has 0 aliphatic carbocycles. The second kappa shape index (κ2) is 7.67. The summed E-state index contributed by atoms with van der Waals surface area (Å²) >= 11 is 18.3. The molecule has 140 valence electrons. The highest BCUT2D eigenvalue weighted by Crippen LogP contribution is 2.34. The van der Waals surface area contributed by atoms with Gasteiger partial charge < -0.3 is 9.72 Å². The Balaban J connectivity index is 1.56. The average molecular weight is 434 g/mol. The van der Waals surface area contributed by atoms with Crippen LogP contribution < -0.4 is 10.1 Å². The van der Waals surface area contributed by atoms with Crippen molar-refractivity contribution >= 4 is 57.7 Å². The summed E-state index contributed by atoms with van der Waals surface area (Å²) in [5.74, 6) is 1.18. The Kier molecular flexibility index (Phi) is 5.09. The van der Waals surface area contributed by atoms with Crippen LogP contribution in [0.5, 0.6) is 5.75 Å². The van der Waals surface area contributed by atoms with Gasteiger partial charge in [-0.25, -0.2) is 14.8 Å². The van der Waals surface area contributed by atoms with Crippen molar-refractivity contribution in [3.05, 3.63) is 69.8 Å². The van der Waals surface area contributed by atoms with Crippen molar-refractivity contribution in [1.82, 2.24) is 15.0 Å². The zero-order chi connectivity index (χ0) is 19.7. The molecule has 0 saturated carbocycles. The Hall–Kier alpha value is -2.80. The molecule has 28 heavy (non-hydrogen) atoms. The molecule has 0 atom stereocenters. The van der Waals surface area contributed by atoms with E-state index in [1.165, 1.54) is 6.20 Å². The van der Waals surface area contributed by atoms with Crippen molar-refractivity contribution < 1.29 is 9.53 Å². The van der Waals surface area contributed by atoms with Gasteiger partial charge in [0.15, 0.2) is 0 Å². The Labute approximate surface area is 174 Å². The number of halogens is 3. The molecule has 0 bridgehead atoms. The lowest BCUT2D eigenvalue weighted by atomic mass is 10.2. The van der Waals surface area contributed by atoms with Crippen molar-refractivity contribution in [2.24, 2.45) is 0 Å². The number of carbonyl (C=O) groups is 1. The van der Waals surface area contributed by atoms with Gasteiger partial charge >= 0.3 is 6.09 Å². The number of benzene rings is 2. The maximum absolute atomic E-state index is 12.1. The van der Waals surface area contributed by atoms with Gasteiger partial charge in [0.2, 0.25) is 0 Å². The van der Waals surface area contributed by atoms with E-state index in [1.54, 1.807) is 48.5 Å². The van der Waals surface area contributed by atoms with E-state index < -0.39 is 6.09 Å². The topological polar surface area (TPSA) is 79.9 Å². The van der Waals surface area contributed by atoms with Gasteiger partial charge in [-0.05, 0) is 36.4 Å². The van der Waals surface area contributed by atoms with E-state index in [-0.39, 0.29) is 0 Å². The van der Waals surface area contributed by atoms with Crippen molar-refractivity contribution in [3.63, 3.8) is 0 Å². The van der Waals surface area contributed by atoms with Crippen LogP contribution in [0.4, 0.5) is 10.6 Å². The van der Waals surface area contributed by atoms with Gasteiger partial charge in [0.1, 0.15) is 17.4 Å². The molecule has 0 saturated heterocycles. The fourth-order valence-corrected chi connectivity index (χ4v) is 3.27. The third kappa shape index (κ3) is 3.89. The standard InChI is InChI=1S/C19H11Cl3N4O2/c20-10-4-7-16(23-9-10)26-19(27)28-11-5-6-14-15(8-11)25-18(24-14)17-12(21)2-1-3-13(17)22/h1-9H,(H,24,25)(H,23,26,27). The van der Waals surface area contributed by atoms with Crippen LogP contribution in [0.3, 0.4) is 0 Å². The van der Waals surface area contributed by atoms with Crippen LogP contribution in [0.15, 0.2) is 54.7 Å². The van der Waals surface area contributed by atoms with E-state index in [0.29, 0.717) is 49.1 Å². The molecule has 9 heteroatoms. The largest absolute Gasteiger partial charge is 0.418 e. The first kappa shape index (κ1) is 18.6. The normalized spacial score (nSPS) is 10.8. The van der Waals surface area contributed by atoms with Gasteiger partial charge in [0.25, 0.3) is 0 Å². The molecule has 1 amide bonds. The number of ether oxygens (including phenoxy) is 1. The van der Waals surface area contributed by atoms with Crippen LogP contribution in [0.25, 0.3) is 22.4 Å². The number of rotatable bonds is 3. The average Bonchev–Trinajstić information content (AvgIpc) is 3.06. The monoisotopic (exact) mass is 432 g/mol. The third-order valence-corrected chi connectivity index (χ3v) is 4.67. The molecule has 0 radical (unpaired) electrons. The molecule has 2 heterocycles. The van der Waals surface area contributed by atoms with Gasteiger partial charge in [-0.2, -0.15) is 0 Å². The maximum atomic E-state index is 12.1. The molecule has 0 aliphatic heterocycles. The van der Waals surface area contributed by atoms with Gasteiger partial charge in [0.05, 0.1) is 31.7 Å². The maximum Gasteiger partial charge on any atom is 0.418 e. The summed E-state index contributed by atoms with van der Waals surface area (Å²) in [4.78, 5) is 23.7. The number of pyridine rings is 1. The molecule has 2 aromatic carbocycles. The number of hydrogen-bond donors (Lipinski definition) is 2. The van der Waals surface area contributed by atoms with E-state index in [0.717, 1.165) is 0 Å². The van der Waals surface area contributed by atoms with E-state index >= 15 is 0 Å². The minimum Gasteiger partial charge on any atom is -0.410 e. The second-order valence-corrected chi connectivity index (χ2v) is 6.99. The molecule has 4 aromatic rings. The first-order valence-corrected chi connectivity index (χ1v) is 9.17. The molecule has 6 nitrogen and oxygen atoms in total. The number of nitrogens with zero attached hydrogens (tertiary/aromatic N) is 2. The molecular formula is C19H11Cl3N4O2. The Bertz CT molecular complexity index is 1160. The molecule has 0 spiro atoms. The molecule has 4 rings (SSSR count). The molecule has 0 aliphatic rings. The number of carbonyl (C=O) groups excluding carboxylic acids is 1. The van der Waals surface area contributed by atoms with Crippen molar-refractivity contribution in [3.8, 4) is 17.1 Å². The SMILES string of the molecule is O=C(Nc1ccc(Cl)cn1)Oc1ccc2nc(-c3c(Cl)cccc3Cl)[nH]c2c1. The van der Waals surface area contributed by atoms with Crippen LogP contribution >= 0.6 is 34.8 Å². The molecule has 0 fully saturated rings. The number of amides is 1. The highest BCUT2D eigenvalue weighted by Gasteiger charge is 2.14. The number of aromatic amines is 1. The quantitative estimate of drug-likeness (QED) is 0.403. The molecule has 2 aromatic heterocycles. The third-order valence-electron chi connectivity index (χ3n) is 3.82. The first-order valence-electron chi connectivity index (χ1n) is 8.04. The fraction of sp³-hybridized carbons (Fsp3) is 0. The lowest BCUT2D eigenvalue weighted by Gasteiger charge is -2.05. The number of anilines is 1. The predicted octanol–water partition coefficient (Wildman–Crippen LogP) is 6.20. The van der Waals surface area contributed by atoms with Crippen LogP contribution in [0.2, 0.25) is 15.1 Å². The lowest BCUT2D eigenvalue weighted by molar-refractivity contribution is 0.215. The minimum atomic E-state index is -0.678. The molecule has 2 N–H and O–H groups in total. The summed E-state index contributed by atoms with van der Waals surface area (Å²) in [7, 11) is 0. The first-order chi connectivity index (χ1) is 13.5. The smallest absolute Gasteiger partial charge is 0.410 e. The summed E-state index contributed by atoms with van der Waals surface area (Å²) < 4.78 is 5.30. The van der Waals surface area contributed by atoms with Gasteiger partial charge in [-0.3, -0.25) is 5.32 Å². The van der Waals surface area contributed by atoms with Gasteiger partial charge in [-0.15, -0.1) is 0 Å². The van der Waals surface area contributed by atoms with Crippen LogP contribution in [0, 0.1) is 0 Å². The number of fused-ring (bicyclic) bond motifs is 1. The molecular weight excluding hydrogens is 423 g/mol. The zero-order valence-electron chi connectivity index (χ0n) is 14.0. The Morgan fingerprint density at radius 3 is 2.54 bits per heavy atom.